The van der Waals surface area contributed by atoms with E-state index in [-0.39, 0.29) is 5.56 Å². The summed E-state index contributed by atoms with van der Waals surface area (Å²) in [6.45, 7) is 0. The Bertz CT molecular complexity index is 772. The molecule has 0 atom stereocenters. The fraction of sp³-hybridized carbons (Fsp3) is 0. The normalized spacial score (nSPS) is 10.8. The van der Waals surface area contributed by atoms with Gasteiger partial charge in [0.25, 0.3) is 0 Å². The molecule has 19 heavy (non-hydrogen) atoms. The highest BCUT2D eigenvalue weighted by Gasteiger charge is 2.14. The number of halogens is 1. The first-order valence-corrected chi connectivity index (χ1v) is 7.06. The number of aromatic carboxylic acids is 1. The van der Waals surface area contributed by atoms with Gasteiger partial charge in [-0.15, -0.1) is 11.3 Å². The number of nitrogens with zero attached hydrogens (tertiary/aromatic N) is 2. The number of fused-ring (bicyclic) bond motifs is 1. The fourth-order valence-corrected chi connectivity index (χ4v) is 2.79. The number of carbonyl (C=O) groups is 1. The van der Waals surface area contributed by atoms with Gasteiger partial charge in [0.1, 0.15) is 10.7 Å². The second-order valence-corrected chi connectivity index (χ2v) is 5.67. The van der Waals surface area contributed by atoms with Crippen molar-refractivity contribution in [2.24, 2.45) is 0 Å². The van der Waals surface area contributed by atoms with Crippen molar-refractivity contribution in [3.05, 3.63) is 45.9 Å². The number of thiazole rings is 1. The first-order chi connectivity index (χ1) is 9.15. The zero-order chi connectivity index (χ0) is 13.4. The van der Waals surface area contributed by atoms with E-state index in [1.165, 1.54) is 11.3 Å². The Hall–Kier alpha value is -1.79. The van der Waals surface area contributed by atoms with Crippen LogP contribution in [0.2, 0.25) is 0 Å². The molecule has 0 fully saturated rings. The van der Waals surface area contributed by atoms with Gasteiger partial charge in [-0.2, -0.15) is 0 Å². The van der Waals surface area contributed by atoms with Crippen molar-refractivity contribution in [3.63, 3.8) is 0 Å². The zero-order valence-electron chi connectivity index (χ0n) is 9.50. The van der Waals surface area contributed by atoms with Gasteiger partial charge in [-0.25, -0.2) is 14.8 Å². The van der Waals surface area contributed by atoms with E-state index in [1.807, 2.05) is 11.4 Å². The summed E-state index contributed by atoms with van der Waals surface area (Å²) in [7, 11) is 0. The molecule has 0 bridgehead atoms. The highest BCUT2D eigenvalue weighted by atomic mass is 79.9. The number of carboxylic acids is 1. The van der Waals surface area contributed by atoms with Crippen LogP contribution in [0.4, 0.5) is 0 Å². The topological polar surface area (TPSA) is 63.1 Å². The van der Waals surface area contributed by atoms with Crippen molar-refractivity contribution >= 4 is 44.1 Å². The lowest BCUT2D eigenvalue weighted by Crippen LogP contribution is -2.00. The Labute approximate surface area is 120 Å². The smallest absolute Gasteiger partial charge is 0.336 e. The summed E-state index contributed by atoms with van der Waals surface area (Å²) in [5.41, 5.74) is 1.46. The SMILES string of the molecule is O=C(O)c1cc(-c2nccs2)nc2ccc(Br)cc12. The van der Waals surface area contributed by atoms with E-state index in [0.29, 0.717) is 21.6 Å². The van der Waals surface area contributed by atoms with E-state index in [2.05, 4.69) is 25.9 Å². The molecule has 0 spiro atoms. The van der Waals surface area contributed by atoms with Gasteiger partial charge in [-0.1, -0.05) is 15.9 Å². The first kappa shape index (κ1) is 12.3. The largest absolute Gasteiger partial charge is 0.478 e. The molecule has 0 saturated heterocycles. The number of benzene rings is 1. The van der Waals surface area contributed by atoms with Gasteiger partial charge < -0.3 is 5.11 Å². The summed E-state index contributed by atoms with van der Waals surface area (Å²) in [5, 5.41) is 12.5. The summed E-state index contributed by atoms with van der Waals surface area (Å²) < 4.78 is 0.825. The molecule has 0 aliphatic carbocycles. The molecule has 0 amide bonds. The monoisotopic (exact) mass is 334 g/mol. The standard InChI is InChI=1S/C13H7BrN2O2S/c14-7-1-2-10-8(5-7)9(13(17)18)6-11(16-10)12-15-3-4-19-12/h1-6H,(H,17,18). The quantitative estimate of drug-likeness (QED) is 0.773. The van der Waals surface area contributed by atoms with Gasteiger partial charge >= 0.3 is 5.97 Å². The summed E-state index contributed by atoms with van der Waals surface area (Å²) >= 11 is 4.77. The molecule has 1 N–H and O–H groups in total. The third-order valence-corrected chi connectivity index (χ3v) is 3.94. The highest BCUT2D eigenvalue weighted by molar-refractivity contribution is 9.10. The molecule has 3 aromatic rings. The third-order valence-electron chi connectivity index (χ3n) is 2.65. The Morgan fingerprint density at radius 2 is 2.16 bits per heavy atom. The second-order valence-electron chi connectivity index (χ2n) is 3.86. The minimum atomic E-state index is -0.969. The minimum Gasteiger partial charge on any atom is -0.478 e. The predicted molar refractivity (Wildman–Crippen MR) is 77.5 cm³/mol. The number of carboxylic acid groups (broad SMARTS) is 1. The van der Waals surface area contributed by atoms with Crippen LogP contribution in [-0.4, -0.2) is 21.0 Å². The molecule has 6 heteroatoms. The van der Waals surface area contributed by atoms with Gasteiger partial charge in [0.15, 0.2) is 0 Å². The molecule has 2 aromatic heterocycles. The molecule has 0 unspecified atom stereocenters. The first-order valence-electron chi connectivity index (χ1n) is 5.38. The van der Waals surface area contributed by atoms with Gasteiger partial charge in [0, 0.05) is 21.4 Å². The van der Waals surface area contributed by atoms with Crippen LogP contribution in [0, 0.1) is 0 Å². The van der Waals surface area contributed by atoms with E-state index in [1.54, 1.807) is 24.4 Å². The van der Waals surface area contributed by atoms with Gasteiger partial charge in [0.2, 0.25) is 0 Å². The molecule has 1 aromatic carbocycles. The fourth-order valence-electron chi connectivity index (χ4n) is 1.83. The van der Waals surface area contributed by atoms with Crippen molar-refractivity contribution in [2.75, 3.05) is 0 Å². The molecule has 94 valence electrons. The second kappa shape index (κ2) is 4.71. The molecule has 2 heterocycles. The lowest BCUT2D eigenvalue weighted by Gasteiger charge is -2.05. The lowest BCUT2D eigenvalue weighted by molar-refractivity contribution is 0.0699. The Balaban J connectivity index is 2.34. The summed E-state index contributed by atoms with van der Waals surface area (Å²) in [6, 6.07) is 6.96. The van der Waals surface area contributed by atoms with Crippen LogP contribution in [0.25, 0.3) is 21.6 Å². The van der Waals surface area contributed by atoms with E-state index in [4.69, 9.17) is 0 Å². The predicted octanol–water partition coefficient (Wildman–Crippen LogP) is 3.82. The molecule has 0 radical (unpaired) electrons. The highest BCUT2D eigenvalue weighted by Crippen LogP contribution is 2.28. The van der Waals surface area contributed by atoms with Gasteiger partial charge in [-0.3, -0.25) is 0 Å². The molecule has 0 aliphatic rings. The number of hydrogen-bond acceptors (Lipinski definition) is 4. The summed E-state index contributed by atoms with van der Waals surface area (Å²) in [6.07, 6.45) is 1.67. The number of rotatable bonds is 2. The average Bonchev–Trinajstić information content (AvgIpc) is 2.91. The third kappa shape index (κ3) is 2.24. The van der Waals surface area contributed by atoms with Crippen LogP contribution in [-0.2, 0) is 0 Å². The molecular formula is C13H7BrN2O2S. The average molecular weight is 335 g/mol. The Morgan fingerprint density at radius 1 is 1.32 bits per heavy atom. The van der Waals surface area contributed by atoms with Crippen LogP contribution < -0.4 is 0 Å². The number of aromatic nitrogens is 2. The molecular weight excluding hydrogens is 328 g/mol. The van der Waals surface area contributed by atoms with E-state index >= 15 is 0 Å². The van der Waals surface area contributed by atoms with Crippen LogP contribution in [0.3, 0.4) is 0 Å². The van der Waals surface area contributed by atoms with Crippen molar-refractivity contribution in [1.29, 1.82) is 0 Å². The Kier molecular flexibility index (Phi) is 3.04. The van der Waals surface area contributed by atoms with E-state index in [0.717, 1.165) is 4.47 Å². The van der Waals surface area contributed by atoms with E-state index in [9.17, 15) is 9.90 Å². The van der Waals surface area contributed by atoms with Crippen LogP contribution in [0.15, 0.2) is 40.3 Å². The van der Waals surface area contributed by atoms with Gasteiger partial charge in [0.05, 0.1) is 11.1 Å². The zero-order valence-corrected chi connectivity index (χ0v) is 11.9. The van der Waals surface area contributed by atoms with E-state index < -0.39 is 5.97 Å². The maximum absolute atomic E-state index is 11.4. The van der Waals surface area contributed by atoms with Crippen LogP contribution >= 0.6 is 27.3 Å². The Morgan fingerprint density at radius 3 is 2.84 bits per heavy atom. The maximum atomic E-state index is 11.4. The van der Waals surface area contributed by atoms with Crippen molar-refractivity contribution < 1.29 is 9.90 Å². The van der Waals surface area contributed by atoms with Crippen LogP contribution in [0.5, 0.6) is 0 Å². The molecule has 0 aliphatic heterocycles. The molecule has 0 saturated carbocycles. The summed E-state index contributed by atoms with van der Waals surface area (Å²) in [4.78, 5) is 20.0. The van der Waals surface area contributed by atoms with Crippen molar-refractivity contribution in [3.8, 4) is 10.7 Å². The number of hydrogen-bond donors (Lipinski definition) is 1. The minimum absolute atomic E-state index is 0.233. The number of pyridine rings is 1. The maximum Gasteiger partial charge on any atom is 0.336 e. The van der Waals surface area contributed by atoms with Crippen molar-refractivity contribution in [2.45, 2.75) is 0 Å². The summed E-state index contributed by atoms with van der Waals surface area (Å²) in [5.74, 6) is -0.969. The van der Waals surface area contributed by atoms with Crippen LogP contribution in [0.1, 0.15) is 10.4 Å². The van der Waals surface area contributed by atoms with Gasteiger partial charge in [-0.05, 0) is 24.3 Å². The lowest BCUT2D eigenvalue weighted by atomic mass is 10.1. The molecule has 4 nitrogen and oxygen atoms in total. The van der Waals surface area contributed by atoms with Crippen molar-refractivity contribution in [1.82, 2.24) is 9.97 Å². The molecule has 3 rings (SSSR count).